The molecule has 0 aliphatic rings. The van der Waals surface area contributed by atoms with Crippen LogP contribution in [0.2, 0.25) is 0 Å². The molecule has 0 bridgehead atoms. The van der Waals surface area contributed by atoms with Gasteiger partial charge in [-0.1, -0.05) is 12.2 Å². The van der Waals surface area contributed by atoms with Gasteiger partial charge in [0.15, 0.2) is 0 Å². The van der Waals surface area contributed by atoms with Crippen LogP contribution in [-0.4, -0.2) is 21.8 Å². The van der Waals surface area contributed by atoms with Gasteiger partial charge in [0.1, 0.15) is 18.2 Å². The minimum atomic E-state index is -0.0791. The van der Waals surface area contributed by atoms with E-state index in [1.165, 1.54) is 0 Å². The van der Waals surface area contributed by atoms with Gasteiger partial charge in [-0.15, -0.1) is 0 Å². The highest BCUT2D eigenvalue weighted by atomic mass is 16.5. The Balaban J connectivity index is 2.59. The number of aromatic nitrogens is 2. The maximum Gasteiger partial charge on any atom is 0.136 e. The van der Waals surface area contributed by atoms with Gasteiger partial charge in [-0.25, -0.2) is 4.98 Å². The van der Waals surface area contributed by atoms with Gasteiger partial charge in [-0.2, -0.15) is 0 Å². The molecule has 2 aromatic rings. The molecule has 17 heavy (non-hydrogen) atoms. The molecule has 2 rings (SSSR count). The fourth-order valence-electron chi connectivity index (χ4n) is 1.85. The number of rotatable bonds is 4. The van der Waals surface area contributed by atoms with Crippen LogP contribution in [0, 0.1) is 0 Å². The first kappa shape index (κ1) is 11.7. The molecule has 90 valence electrons. The van der Waals surface area contributed by atoms with Crippen molar-refractivity contribution < 1.29 is 9.84 Å². The van der Waals surface area contributed by atoms with Crippen molar-refractivity contribution in [2.75, 3.05) is 7.11 Å². The second-order valence-electron chi connectivity index (χ2n) is 4.08. The number of allylic oxidation sites excluding steroid dienone is 1. The van der Waals surface area contributed by atoms with E-state index in [4.69, 9.17) is 4.74 Å². The predicted octanol–water partition coefficient (Wildman–Crippen LogP) is 2.11. The average Bonchev–Trinajstić information content (AvgIpc) is 2.65. The van der Waals surface area contributed by atoms with Gasteiger partial charge >= 0.3 is 0 Å². The van der Waals surface area contributed by atoms with E-state index in [1.807, 2.05) is 29.7 Å². The van der Waals surface area contributed by atoms with E-state index in [2.05, 4.69) is 11.6 Å². The molecule has 4 heteroatoms. The Morgan fingerprint density at radius 3 is 2.88 bits per heavy atom. The highest BCUT2D eigenvalue weighted by Gasteiger charge is 2.10. The van der Waals surface area contributed by atoms with E-state index in [0.717, 1.165) is 22.4 Å². The number of ether oxygens (including phenoxy) is 1. The minimum absolute atomic E-state index is 0.0791. The number of fused-ring (bicyclic) bond motifs is 1. The van der Waals surface area contributed by atoms with Gasteiger partial charge in [-0.05, 0) is 19.1 Å². The fraction of sp³-hybridized carbons (Fsp3) is 0.308. The van der Waals surface area contributed by atoms with Crippen molar-refractivity contribution in [1.82, 2.24) is 9.55 Å². The summed E-state index contributed by atoms with van der Waals surface area (Å²) in [5.41, 5.74) is 2.84. The maximum absolute atomic E-state index is 9.31. The lowest BCUT2D eigenvalue weighted by Crippen LogP contribution is -2.04. The monoisotopic (exact) mass is 232 g/mol. The summed E-state index contributed by atoms with van der Waals surface area (Å²) >= 11 is 0. The number of aliphatic hydroxyl groups excluding tert-OH is 1. The van der Waals surface area contributed by atoms with Crippen molar-refractivity contribution >= 4 is 11.0 Å². The van der Waals surface area contributed by atoms with Crippen molar-refractivity contribution in [2.24, 2.45) is 0 Å². The number of hydrogen-bond donors (Lipinski definition) is 1. The zero-order chi connectivity index (χ0) is 12.4. The second-order valence-corrected chi connectivity index (χ2v) is 4.08. The van der Waals surface area contributed by atoms with Crippen molar-refractivity contribution in [2.45, 2.75) is 20.1 Å². The first-order valence-corrected chi connectivity index (χ1v) is 5.44. The third-order valence-electron chi connectivity index (χ3n) is 2.60. The number of nitrogens with zero attached hydrogens (tertiary/aromatic N) is 2. The van der Waals surface area contributed by atoms with E-state index in [-0.39, 0.29) is 6.61 Å². The normalized spacial score (nSPS) is 10.8. The number of imidazole rings is 1. The van der Waals surface area contributed by atoms with Crippen molar-refractivity contribution in [3.63, 3.8) is 0 Å². The maximum atomic E-state index is 9.31. The van der Waals surface area contributed by atoms with E-state index in [1.54, 1.807) is 7.11 Å². The van der Waals surface area contributed by atoms with Crippen LogP contribution in [0.1, 0.15) is 12.7 Å². The first-order chi connectivity index (χ1) is 8.15. The Labute approximate surface area is 100 Å². The largest absolute Gasteiger partial charge is 0.497 e. The summed E-state index contributed by atoms with van der Waals surface area (Å²) in [6.07, 6.45) is 0. The third kappa shape index (κ3) is 2.17. The number of aliphatic hydroxyl groups is 1. The molecule has 4 nitrogen and oxygen atoms in total. The molecular weight excluding hydrogens is 216 g/mol. The number of benzene rings is 1. The lowest BCUT2D eigenvalue weighted by Gasteiger charge is -2.07. The molecule has 0 saturated heterocycles. The predicted molar refractivity (Wildman–Crippen MR) is 67.0 cm³/mol. The third-order valence-corrected chi connectivity index (χ3v) is 2.60. The van der Waals surface area contributed by atoms with Crippen molar-refractivity contribution in [3.05, 3.63) is 36.2 Å². The standard InChI is InChI=1S/C13H16N2O2/c1-9(2)7-15-12-5-4-10(17-3)6-11(12)14-13(15)8-16/h4-6,16H,1,7-8H2,2-3H3. The molecule has 1 heterocycles. The van der Waals surface area contributed by atoms with Crippen LogP contribution >= 0.6 is 0 Å². The summed E-state index contributed by atoms with van der Waals surface area (Å²) in [7, 11) is 1.62. The molecular formula is C13H16N2O2. The summed E-state index contributed by atoms with van der Waals surface area (Å²) in [6.45, 7) is 6.43. The zero-order valence-electron chi connectivity index (χ0n) is 10.1. The molecule has 0 aliphatic carbocycles. The molecule has 0 saturated carbocycles. The molecule has 1 aromatic heterocycles. The van der Waals surface area contributed by atoms with E-state index in [0.29, 0.717) is 12.4 Å². The van der Waals surface area contributed by atoms with Crippen LogP contribution in [0.4, 0.5) is 0 Å². The molecule has 0 amide bonds. The SMILES string of the molecule is C=C(C)Cn1c(CO)nc2cc(OC)ccc21. The minimum Gasteiger partial charge on any atom is -0.497 e. The molecule has 0 fully saturated rings. The Morgan fingerprint density at radius 1 is 1.53 bits per heavy atom. The number of hydrogen-bond acceptors (Lipinski definition) is 3. The van der Waals surface area contributed by atoms with Gasteiger partial charge in [0.25, 0.3) is 0 Å². The van der Waals surface area contributed by atoms with Gasteiger partial charge in [0, 0.05) is 12.6 Å². The zero-order valence-corrected chi connectivity index (χ0v) is 10.1. The highest BCUT2D eigenvalue weighted by molar-refractivity contribution is 5.77. The van der Waals surface area contributed by atoms with Crippen LogP contribution in [-0.2, 0) is 13.2 Å². The lowest BCUT2D eigenvalue weighted by atomic mass is 10.3. The summed E-state index contributed by atoms with van der Waals surface area (Å²) in [4.78, 5) is 4.38. The smallest absolute Gasteiger partial charge is 0.136 e. The first-order valence-electron chi connectivity index (χ1n) is 5.44. The molecule has 1 aromatic carbocycles. The Morgan fingerprint density at radius 2 is 2.29 bits per heavy atom. The molecule has 0 radical (unpaired) electrons. The van der Waals surface area contributed by atoms with Crippen molar-refractivity contribution in [3.8, 4) is 5.75 Å². The van der Waals surface area contributed by atoms with E-state index >= 15 is 0 Å². The van der Waals surface area contributed by atoms with Gasteiger partial charge in [0.05, 0.1) is 18.1 Å². The van der Waals surface area contributed by atoms with E-state index in [9.17, 15) is 5.11 Å². The Hall–Kier alpha value is -1.81. The number of methoxy groups -OCH3 is 1. The average molecular weight is 232 g/mol. The van der Waals surface area contributed by atoms with Crippen LogP contribution in [0.5, 0.6) is 5.75 Å². The highest BCUT2D eigenvalue weighted by Crippen LogP contribution is 2.22. The summed E-state index contributed by atoms with van der Waals surface area (Å²) in [6, 6.07) is 5.70. The quantitative estimate of drug-likeness (QED) is 0.821. The second kappa shape index (κ2) is 4.59. The topological polar surface area (TPSA) is 47.3 Å². The molecule has 0 spiro atoms. The van der Waals surface area contributed by atoms with Crippen LogP contribution < -0.4 is 4.74 Å². The molecule has 0 unspecified atom stereocenters. The summed E-state index contributed by atoms with van der Waals surface area (Å²) in [5, 5.41) is 9.31. The van der Waals surface area contributed by atoms with Crippen LogP contribution in [0.15, 0.2) is 30.4 Å². The van der Waals surface area contributed by atoms with Gasteiger partial charge in [-0.3, -0.25) is 0 Å². The molecule has 1 N–H and O–H groups in total. The van der Waals surface area contributed by atoms with E-state index < -0.39 is 0 Å². The molecule has 0 atom stereocenters. The van der Waals surface area contributed by atoms with Gasteiger partial charge in [0.2, 0.25) is 0 Å². The lowest BCUT2D eigenvalue weighted by molar-refractivity contribution is 0.267. The summed E-state index contributed by atoms with van der Waals surface area (Å²) in [5.74, 6) is 1.42. The molecule has 0 aliphatic heterocycles. The summed E-state index contributed by atoms with van der Waals surface area (Å²) < 4.78 is 7.13. The Kier molecular flexibility index (Phi) is 3.15. The fourth-order valence-corrected chi connectivity index (χ4v) is 1.85. The van der Waals surface area contributed by atoms with Crippen LogP contribution in [0.3, 0.4) is 0 Å². The van der Waals surface area contributed by atoms with Gasteiger partial charge < -0.3 is 14.4 Å². The van der Waals surface area contributed by atoms with Crippen molar-refractivity contribution in [1.29, 1.82) is 0 Å². The van der Waals surface area contributed by atoms with Crippen LogP contribution in [0.25, 0.3) is 11.0 Å². The Bertz CT molecular complexity index is 558.